The fourth-order valence-corrected chi connectivity index (χ4v) is 17.1. The van der Waals surface area contributed by atoms with Gasteiger partial charge in [0.25, 0.3) is 0 Å². The van der Waals surface area contributed by atoms with Gasteiger partial charge in [0.05, 0.1) is 110 Å². The zero-order chi connectivity index (χ0) is 97.8. The molecule has 27 heteroatoms. The molecule has 0 bridgehead atoms. The number of nitrogens with zero attached hydrogens (tertiary/aromatic N) is 10. The fourth-order valence-electron chi connectivity index (χ4n) is 17.1. The molecule has 3 heterocycles. The molecule has 26 nitrogen and oxygen atoms in total. The number of ether oxygens (including phenoxy) is 10. The second-order valence-electron chi connectivity index (χ2n) is 35.0. The molecule has 9 aromatic rings. The molecule has 0 unspecified atom stereocenters. The standard InChI is InChI=1S/C29H36N2O5.C29H31NO6.C27H35N3O2.C24H31N5O2.ClH/c1-18-23(12-19-13-26(34-5)29(36-7)27(14-19)35-6)22-9-8-21(33-4)15-25(22)24(18)16-28(32)31-11-10-20(17-31)30(2)3;1-18-23(12-19-13-26(33-4)29(35-6)27(14-19)34-5)22-10-9-20(32-3)15-25(22)24(18)16-28(31)30(2)17-21-8-7-11-36-21;1-19-24(16-20-8-10-21(11-9-20)29(4)5)23-13-12-22(32-7)17-26(23)25(19)18-27(31)30(6)15-14-28(2)3;1-16-20(11-17-14-26-24(27-15-17)29(4)5)19-8-7-18(31-6)12-22(19)21(16)13-23(30)25-9-10-28(2)3;/h8-9,12-15,20H,10-11,16-17H2,1-7H3;7-15H,16-17H2,1-6H3;8-13,16-17H,14-15,18H2,1-7H3;7-8,11-12,14-15H,9-10,13H2,1-6H3,(H,25,30);1H/b2*23-12-;24-16-;20-11-;/t20-;;;;/m1..../s1. The summed E-state index contributed by atoms with van der Waals surface area (Å²) >= 11 is 0. The van der Waals surface area contributed by atoms with E-state index in [1.54, 1.807) is 89.3 Å². The zero-order valence-electron chi connectivity index (χ0n) is 83.8. The number of anilines is 2. The van der Waals surface area contributed by atoms with Crippen LogP contribution >= 0.6 is 12.4 Å². The summed E-state index contributed by atoms with van der Waals surface area (Å²) in [5, 5.41) is 3.01. The Morgan fingerprint density at radius 1 is 0.419 bits per heavy atom. The summed E-state index contributed by atoms with van der Waals surface area (Å²) < 4.78 is 60.4. The van der Waals surface area contributed by atoms with Crippen LogP contribution in [0.1, 0.15) is 132 Å². The lowest BCUT2D eigenvalue weighted by Gasteiger charge is -2.21. The van der Waals surface area contributed by atoms with Gasteiger partial charge in [0.1, 0.15) is 28.8 Å². The summed E-state index contributed by atoms with van der Waals surface area (Å²) in [7, 11) is 40.0. The zero-order valence-corrected chi connectivity index (χ0v) is 84.6. The number of amides is 4. The number of methoxy groups -OCH3 is 10. The van der Waals surface area contributed by atoms with Crippen LogP contribution in [0.3, 0.4) is 0 Å². The minimum absolute atomic E-state index is 0. The molecule has 0 saturated carbocycles. The predicted molar refractivity (Wildman–Crippen MR) is 550 cm³/mol. The van der Waals surface area contributed by atoms with E-state index in [4.69, 9.17) is 51.8 Å². The number of hydrogen-bond donors (Lipinski definition) is 1. The van der Waals surface area contributed by atoms with Crippen molar-refractivity contribution in [3.05, 3.63) is 247 Å². The van der Waals surface area contributed by atoms with E-state index in [9.17, 15) is 19.2 Å². The number of likely N-dealkylation sites (tertiary alicyclic amines) is 1. The molecule has 2 aromatic heterocycles. The predicted octanol–water partition coefficient (Wildman–Crippen LogP) is 18.2. The van der Waals surface area contributed by atoms with Gasteiger partial charge in [0.15, 0.2) is 23.0 Å². The van der Waals surface area contributed by atoms with Gasteiger partial charge < -0.3 is 96.3 Å². The summed E-state index contributed by atoms with van der Waals surface area (Å²) in [6.07, 6.45) is 16.1. The van der Waals surface area contributed by atoms with Crippen molar-refractivity contribution in [2.24, 2.45) is 0 Å². The van der Waals surface area contributed by atoms with Crippen molar-refractivity contribution in [3.63, 3.8) is 0 Å². The van der Waals surface area contributed by atoms with Crippen LogP contribution in [-0.2, 0) is 25.7 Å². The first-order chi connectivity index (χ1) is 64.7. The number of likely N-dealkylation sites (N-methyl/N-ethyl adjacent to an activating group) is 4. The first-order valence-electron chi connectivity index (χ1n) is 45.0. The molecule has 0 spiro atoms. The van der Waals surface area contributed by atoms with Gasteiger partial charge >= 0.3 is 0 Å². The number of halogens is 1. The van der Waals surface area contributed by atoms with Crippen LogP contribution in [0, 0.1) is 0 Å². The summed E-state index contributed by atoms with van der Waals surface area (Å²) in [4.78, 5) is 76.8. The lowest BCUT2D eigenvalue weighted by Crippen LogP contribution is -2.34. The largest absolute Gasteiger partial charge is 0.497 e. The van der Waals surface area contributed by atoms with Gasteiger partial charge in [-0.1, -0.05) is 36.4 Å². The second-order valence-corrected chi connectivity index (χ2v) is 35.0. The molecule has 1 atom stereocenters. The van der Waals surface area contributed by atoms with E-state index in [1.165, 1.54) is 11.3 Å². The lowest BCUT2D eigenvalue weighted by molar-refractivity contribution is -0.130. The number of nitrogens with one attached hydrogen (secondary N) is 1. The Labute approximate surface area is 809 Å². The van der Waals surface area contributed by atoms with Gasteiger partial charge in [-0.3, -0.25) is 19.2 Å². The Bertz CT molecular complexity index is 5990. The SMILES string of the molecule is COc1ccc2c(c1)C(CC(=O)N(C)CCN(C)C)=C(C)/C2=C/c1ccc(N(C)C)cc1.COc1ccc2c(c1)C(CC(=O)N(C)Cc1ccco1)=C(C)/C2=C/c1cc(OC)c(OC)c(OC)c1.COc1ccc2c(c1)C(CC(=O)N1CC[C@@H](N(C)C)C1)=C(C)/C2=C/c1cc(OC)c(OC)c(OC)c1.COc1ccc2c(c1)C(CC(=O)NCCN(C)C)=C(C)/C2=C/c1cnc(N(C)C)nc1.Cl. The first-order valence-corrected chi connectivity index (χ1v) is 45.0. The van der Waals surface area contributed by atoms with Crippen LogP contribution in [0.2, 0.25) is 0 Å². The van der Waals surface area contributed by atoms with E-state index < -0.39 is 0 Å². The molecule has 1 saturated heterocycles. The van der Waals surface area contributed by atoms with Crippen LogP contribution in [0.5, 0.6) is 57.5 Å². The maximum absolute atomic E-state index is 13.4. The maximum Gasteiger partial charge on any atom is 0.227 e. The Morgan fingerprint density at radius 3 is 1.16 bits per heavy atom. The van der Waals surface area contributed by atoms with Crippen LogP contribution in [-0.4, -0.2) is 264 Å². The van der Waals surface area contributed by atoms with Crippen molar-refractivity contribution in [1.82, 2.24) is 44.7 Å². The lowest BCUT2D eigenvalue weighted by atomic mass is 10.00. The number of benzene rings is 7. The number of hydrogen-bond acceptors (Lipinski definition) is 22. The highest BCUT2D eigenvalue weighted by Gasteiger charge is 2.35. The van der Waals surface area contributed by atoms with Gasteiger partial charge in [-0.05, 0) is 326 Å². The topological polar surface area (TPSA) is 237 Å². The van der Waals surface area contributed by atoms with Crippen molar-refractivity contribution < 1.29 is 71.0 Å². The molecule has 14 rings (SSSR count). The highest BCUT2D eigenvalue weighted by atomic mass is 35.5. The third kappa shape index (κ3) is 25.2. The molecule has 722 valence electrons. The maximum atomic E-state index is 13.4. The number of allylic oxidation sites excluding steroid dienone is 8. The summed E-state index contributed by atoms with van der Waals surface area (Å²) in [5.74, 6) is 8.26. The Hall–Kier alpha value is -13.5. The molecule has 1 fully saturated rings. The molecular formula is C109H134ClN11O15. The Morgan fingerprint density at radius 2 is 0.809 bits per heavy atom. The van der Waals surface area contributed by atoms with Crippen molar-refractivity contribution in [3.8, 4) is 57.5 Å². The minimum atomic E-state index is 0. The molecule has 4 aliphatic carbocycles. The number of rotatable bonds is 33. The summed E-state index contributed by atoms with van der Waals surface area (Å²) in [5.41, 5.74) is 26.4. The average Bonchev–Trinajstić information content (AvgIpc) is 1.63. The second kappa shape index (κ2) is 48.1. The van der Waals surface area contributed by atoms with Crippen molar-refractivity contribution in [2.75, 3.05) is 205 Å². The van der Waals surface area contributed by atoms with Gasteiger partial charge in [-0.25, -0.2) is 9.97 Å². The van der Waals surface area contributed by atoms with Gasteiger partial charge in [-0.15, -0.1) is 12.4 Å². The molecule has 5 aliphatic rings. The van der Waals surface area contributed by atoms with Crippen LogP contribution < -0.4 is 62.5 Å². The van der Waals surface area contributed by atoms with Crippen molar-refractivity contribution in [2.45, 2.75) is 72.4 Å². The average molecular weight is 1870 g/mol. The van der Waals surface area contributed by atoms with Crippen molar-refractivity contribution >= 4 is 117 Å². The van der Waals surface area contributed by atoms with Crippen molar-refractivity contribution in [1.29, 1.82) is 0 Å². The fraction of sp³-hybridized carbons (Fsp3) is 0.358. The number of fused-ring (bicyclic) bond motifs is 4. The Balaban J connectivity index is 0.000000187. The van der Waals surface area contributed by atoms with Gasteiger partial charge in [-0.2, -0.15) is 0 Å². The van der Waals surface area contributed by atoms with Gasteiger partial charge in [0.2, 0.25) is 41.1 Å². The Kier molecular flexibility index (Phi) is 37.0. The molecule has 1 N–H and O–H groups in total. The minimum Gasteiger partial charge on any atom is -0.497 e. The normalized spacial score (nSPS) is 15.0. The number of aromatic nitrogens is 2. The third-order valence-corrected chi connectivity index (χ3v) is 25.0. The highest BCUT2D eigenvalue weighted by Crippen LogP contribution is 2.51. The molecule has 1 aliphatic heterocycles. The van der Waals surface area contributed by atoms with Gasteiger partial charge in [0, 0.05) is 111 Å². The number of furan rings is 1. The molecule has 7 aromatic carbocycles. The third-order valence-electron chi connectivity index (χ3n) is 25.0. The van der Waals surface area contributed by atoms with Crippen LogP contribution in [0.25, 0.3) is 68.9 Å². The first kappa shape index (κ1) is 105. The van der Waals surface area contributed by atoms with E-state index in [1.807, 2.05) is 187 Å². The highest BCUT2D eigenvalue weighted by molar-refractivity contribution is 6.12. The summed E-state index contributed by atoms with van der Waals surface area (Å²) in [6.45, 7) is 13.3. The van der Waals surface area contributed by atoms with E-state index in [0.29, 0.717) is 85.4 Å². The molecule has 4 amide bonds. The number of carbonyl (C=O) groups is 4. The molecule has 136 heavy (non-hydrogen) atoms. The van der Waals surface area contributed by atoms with E-state index in [2.05, 4.69) is 138 Å². The smallest absolute Gasteiger partial charge is 0.227 e. The summed E-state index contributed by atoms with van der Waals surface area (Å²) in [6, 6.07) is 44.5. The molecule has 0 radical (unpaired) electrons. The van der Waals surface area contributed by atoms with Crippen LogP contribution in [0.15, 0.2) is 179 Å². The number of carbonyl (C=O) groups excluding carboxylic acids is 4. The molecular weight excluding hydrogens is 1740 g/mol. The monoisotopic (exact) mass is 1870 g/mol. The van der Waals surface area contributed by atoms with E-state index in [-0.39, 0.29) is 42.5 Å². The van der Waals surface area contributed by atoms with E-state index >= 15 is 0 Å². The van der Waals surface area contributed by atoms with E-state index in [0.717, 1.165) is 189 Å². The van der Waals surface area contributed by atoms with Crippen LogP contribution in [0.4, 0.5) is 11.6 Å². The quantitative estimate of drug-likeness (QED) is 0.0402.